The normalized spacial score (nSPS) is 17.0. The predicted octanol–water partition coefficient (Wildman–Crippen LogP) is 15.6. The molecule has 9 aromatic rings. The lowest BCUT2D eigenvalue weighted by Gasteiger charge is -2.36. The van der Waals surface area contributed by atoms with Gasteiger partial charge in [-0.3, -0.25) is 0 Å². The lowest BCUT2D eigenvalue weighted by atomic mass is 10.1. The van der Waals surface area contributed by atoms with Crippen molar-refractivity contribution in [1.82, 2.24) is 70.5 Å². The van der Waals surface area contributed by atoms with Crippen LogP contribution in [0.4, 0.5) is 52.8 Å². The number of carbonyl (C=O) groups is 5. The predicted molar refractivity (Wildman–Crippen MR) is 496 cm³/mol. The quantitative estimate of drug-likeness (QED) is 0.0362. The Morgan fingerprint density at radius 1 is 0.389 bits per heavy atom. The molecule has 5 aromatic carbocycles. The van der Waals surface area contributed by atoms with Crippen LogP contribution >= 0.6 is 34.8 Å². The topological polar surface area (TPSA) is 323 Å². The molecule has 0 aliphatic carbocycles. The van der Waals surface area contributed by atoms with Gasteiger partial charge in [-0.15, -0.1) is 0 Å². The molecule has 126 heavy (non-hydrogen) atoms. The third-order valence-electron chi connectivity index (χ3n) is 21.8. The molecule has 7 aliphatic heterocycles. The highest BCUT2D eigenvalue weighted by Gasteiger charge is 2.34. The Labute approximate surface area is 756 Å². The minimum atomic E-state index is -0.336. The van der Waals surface area contributed by atoms with Crippen molar-refractivity contribution in [2.45, 2.75) is 154 Å². The Balaban J connectivity index is 0.000000191. The summed E-state index contributed by atoms with van der Waals surface area (Å²) in [5.41, 5.74) is 14.2. The zero-order valence-electron chi connectivity index (χ0n) is 69.6. The van der Waals surface area contributed by atoms with Gasteiger partial charge in [0.2, 0.25) is 10.6 Å². The molecule has 676 valence electrons. The van der Waals surface area contributed by atoms with Crippen molar-refractivity contribution in [3.05, 3.63) is 217 Å². The van der Waals surface area contributed by atoms with E-state index in [9.17, 15) is 24.0 Å². The third kappa shape index (κ3) is 27.0. The third-order valence-corrected chi connectivity index (χ3v) is 22.5. The van der Waals surface area contributed by atoms with E-state index in [1.54, 1.807) is 14.7 Å². The molecule has 16 rings (SSSR count). The molecule has 0 bridgehead atoms. The van der Waals surface area contributed by atoms with Gasteiger partial charge in [-0.1, -0.05) is 132 Å². The van der Waals surface area contributed by atoms with Crippen LogP contribution in [0.15, 0.2) is 140 Å². The molecule has 0 spiro atoms. The van der Waals surface area contributed by atoms with Crippen LogP contribution in [0.1, 0.15) is 126 Å². The molecule has 0 unspecified atom stereocenters. The molecule has 3 saturated heterocycles. The molecular weight excluding hydrogens is 1670 g/mol. The van der Waals surface area contributed by atoms with Gasteiger partial charge in [-0.2, -0.15) is 0 Å². The minimum Gasteiger partial charge on any atom is -0.445 e. The van der Waals surface area contributed by atoms with E-state index in [0.29, 0.717) is 141 Å². The SMILES string of the molecule is C.C.C.C.CCNC(=O)Nc1ccc(-c2nc3c(c(N4CCOC[C@@H]4C)n2)CCN(C(=O)OCc2ccccc2)CC3)cc1.CCNC(=O)Nc1ccc(-c2nc3c(c(N4CCOC[C@@H]4C)n2)CCNCC3)cc1.C[C@H]1COCCN1c1nc(Cl)nc2c1CCN(C(=O)OCc1ccccc1)CC2.O=C(OCc1ccccc1)N1CCc2nc(Cl)nc(Cl)c2CC1. The Bertz CT molecular complexity index is 5000. The summed E-state index contributed by atoms with van der Waals surface area (Å²) in [5.74, 6) is 4.17. The average molecular weight is 1790 g/mol. The number of ether oxygens (including phenoxy) is 6. The van der Waals surface area contributed by atoms with E-state index >= 15 is 0 Å². The molecule has 7 aliphatic rings. The zero-order chi connectivity index (χ0) is 85.3. The molecule has 3 atom stereocenters. The molecule has 5 N–H and O–H groups in total. The number of nitrogens with one attached hydrogen (secondary N) is 5. The molecular formula is C93H122Cl3N19O11. The fourth-order valence-corrected chi connectivity index (χ4v) is 16.0. The van der Waals surface area contributed by atoms with Crippen LogP contribution in [0.25, 0.3) is 22.8 Å². The standard InChI is InChI=1S/C30H36N6O4.C22H30N6O2.C21H25ClN4O3.C16H15Cl2N3O2.4CH4/c1-3-31-29(37)32-24-11-9-23(10-12-24)27-33-26-14-16-35(30(38)40-20-22-7-5-4-6-8-22)15-13-25(26)28(34-27)36-17-18-39-19-21(36)2;1-3-24-22(29)25-17-6-4-16(5-7-17)20-26-19-9-11-23-10-8-18(19)21(27-20)28-12-13-30-14-15(28)2;1-15-13-28-12-11-26(15)19-17-7-9-25(10-8-18(17)23-20(22)24-19)21(27)29-14-16-5-3-2-4-6-16;17-14-12-6-8-21(9-7-13(12)19-15(18)20-14)16(22)23-10-11-4-2-1-3-5-11;;;;/h4-12,21H,3,13-20H2,1-2H3,(H2,31,32,37);4-7,15,23H,3,8-14H2,1-2H3,(H2,24,25,29);2-6,15H,7-14H2,1H3;1-5H,6-10H2;4*1H4/t21-;2*15-;;;;;/m000...../s1. The first-order valence-corrected chi connectivity index (χ1v) is 43.0. The highest BCUT2D eigenvalue weighted by atomic mass is 35.5. The lowest BCUT2D eigenvalue weighted by Crippen LogP contribution is -2.45. The number of benzene rings is 5. The minimum absolute atomic E-state index is 0. The van der Waals surface area contributed by atoms with E-state index < -0.39 is 0 Å². The highest BCUT2D eigenvalue weighted by Crippen LogP contribution is 2.35. The first kappa shape index (κ1) is 98.7. The summed E-state index contributed by atoms with van der Waals surface area (Å²) in [7, 11) is 0. The summed E-state index contributed by atoms with van der Waals surface area (Å²) in [4.78, 5) is 111. The molecule has 11 heterocycles. The number of hydrogen-bond donors (Lipinski definition) is 5. The van der Waals surface area contributed by atoms with Gasteiger partial charge in [0.1, 0.15) is 42.4 Å². The molecule has 4 aromatic heterocycles. The van der Waals surface area contributed by atoms with Gasteiger partial charge in [0.25, 0.3) is 0 Å². The summed E-state index contributed by atoms with van der Waals surface area (Å²) in [5, 5.41) is 15.3. The van der Waals surface area contributed by atoms with E-state index in [-0.39, 0.29) is 109 Å². The molecule has 30 nitrogen and oxygen atoms in total. The summed E-state index contributed by atoms with van der Waals surface area (Å²) in [6.07, 6.45) is 4.59. The van der Waals surface area contributed by atoms with Crippen molar-refractivity contribution in [2.75, 3.05) is 150 Å². The maximum Gasteiger partial charge on any atom is 0.410 e. The van der Waals surface area contributed by atoms with Crippen molar-refractivity contribution < 1.29 is 52.4 Å². The van der Waals surface area contributed by atoms with E-state index in [1.165, 1.54) is 5.56 Å². The number of carbonyl (C=O) groups excluding carboxylic acids is 5. The number of aromatic nitrogens is 8. The van der Waals surface area contributed by atoms with Gasteiger partial charge in [0.15, 0.2) is 11.6 Å². The monoisotopic (exact) mass is 1790 g/mol. The second-order valence-corrected chi connectivity index (χ2v) is 31.4. The number of rotatable bonds is 15. The van der Waals surface area contributed by atoms with Gasteiger partial charge in [-0.05, 0) is 155 Å². The molecule has 0 saturated carbocycles. The summed E-state index contributed by atoms with van der Waals surface area (Å²) in [6.45, 7) is 23.6. The number of anilines is 5. The molecule has 33 heteroatoms. The summed E-state index contributed by atoms with van der Waals surface area (Å²) < 4.78 is 33.4. The number of morpholine rings is 3. The van der Waals surface area contributed by atoms with Gasteiger partial charge >= 0.3 is 30.3 Å². The fourth-order valence-electron chi connectivity index (χ4n) is 15.3. The number of fused-ring (bicyclic) bond motifs is 4. The first-order chi connectivity index (χ1) is 59.4. The number of halogens is 3. The molecule has 0 radical (unpaired) electrons. The first-order valence-electron chi connectivity index (χ1n) is 41.9. The number of urea groups is 2. The largest absolute Gasteiger partial charge is 0.445 e. The van der Waals surface area contributed by atoms with Crippen LogP contribution in [0.2, 0.25) is 15.7 Å². The summed E-state index contributed by atoms with van der Waals surface area (Å²) >= 11 is 18.2. The number of nitrogens with zero attached hydrogens (tertiary/aromatic N) is 14. The van der Waals surface area contributed by atoms with Crippen LogP contribution in [-0.4, -0.2) is 228 Å². The summed E-state index contributed by atoms with van der Waals surface area (Å²) in [6, 6.07) is 44.4. The highest BCUT2D eigenvalue weighted by molar-refractivity contribution is 6.32. The molecule has 3 fully saturated rings. The fraction of sp³-hybridized carbons (Fsp3) is 0.452. The zero-order valence-corrected chi connectivity index (χ0v) is 71.9. The Kier molecular flexibility index (Phi) is 38.5. The second-order valence-electron chi connectivity index (χ2n) is 30.3. The van der Waals surface area contributed by atoms with E-state index in [1.807, 2.05) is 153 Å². The van der Waals surface area contributed by atoms with Crippen molar-refractivity contribution in [2.24, 2.45) is 0 Å². The van der Waals surface area contributed by atoms with Crippen molar-refractivity contribution >= 4 is 94.0 Å². The van der Waals surface area contributed by atoms with E-state index in [0.717, 1.165) is 148 Å². The maximum atomic E-state index is 13.0. The Morgan fingerprint density at radius 2 is 0.714 bits per heavy atom. The maximum absolute atomic E-state index is 13.0. The smallest absolute Gasteiger partial charge is 0.410 e. The van der Waals surface area contributed by atoms with Crippen LogP contribution < -0.4 is 41.3 Å². The number of hydrogen-bond acceptors (Lipinski definition) is 23. The van der Waals surface area contributed by atoms with E-state index in [2.05, 4.69) is 82.0 Å². The number of amides is 7. The second kappa shape index (κ2) is 49.1. The van der Waals surface area contributed by atoms with Crippen molar-refractivity contribution in [3.63, 3.8) is 0 Å². The van der Waals surface area contributed by atoms with Gasteiger partial charge in [0, 0.05) is 149 Å². The van der Waals surface area contributed by atoms with Crippen molar-refractivity contribution in [1.29, 1.82) is 0 Å². The average Bonchev–Trinajstić information content (AvgIpc) is 1.21. The Hall–Kier alpha value is -11.1. The van der Waals surface area contributed by atoms with Gasteiger partial charge in [0.05, 0.1) is 80.5 Å². The van der Waals surface area contributed by atoms with Crippen LogP contribution in [0.5, 0.6) is 0 Å². The lowest BCUT2D eigenvalue weighted by molar-refractivity contribution is 0.0967. The molecule has 7 amide bonds. The van der Waals surface area contributed by atoms with Crippen LogP contribution in [0.3, 0.4) is 0 Å². The van der Waals surface area contributed by atoms with Crippen LogP contribution in [0, 0.1) is 0 Å². The van der Waals surface area contributed by atoms with Crippen molar-refractivity contribution in [3.8, 4) is 22.8 Å². The Morgan fingerprint density at radius 3 is 1.10 bits per heavy atom. The van der Waals surface area contributed by atoms with E-state index in [4.69, 9.17) is 83.2 Å². The van der Waals surface area contributed by atoms with Gasteiger partial charge in [-0.25, -0.2) is 63.8 Å². The van der Waals surface area contributed by atoms with Gasteiger partial charge < -0.3 is 84.4 Å². The van der Waals surface area contributed by atoms with Crippen LogP contribution in [-0.2, 0) is 99.6 Å².